The number of nitrogens with zero attached hydrogens (tertiary/aromatic N) is 2. The summed E-state index contributed by atoms with van der Waals surface area (Å²) in [6, 6.07) is 23.4. The SMILES string of the molecule is CCOc1cc(/C=C(\C#N)C(=O)Nc2cccc3ccccc23)ccc1OS(=O)(=O)c1cccc([N+](=O)[O-])c1. The molecule has 196 valence electrons. The largest absolute Gasteiger partial charge is 0.490 e. The van der Waals surface area contributed by atoms with Crippen LogP contribution in [0.2, 0.25) is 0 Å². The topological polar surface area (TPSA) is 149 Å². The van der Waals surface area contributed by atoms with E-state index < -0.39 is 31.5 Å². The summed E-state index contributed by atoms with van der Waals surface area (Å²) in [6.07, 6.45) is 1.34. The highest BCUT2D eigenvalue weighted by Gasteiger charge is 2.22. The van der Waals surface area contributed by atoms with Crippen LogP contribution in [0, 0.1) is 21.4 Å². The Morgan fingerprint density at radius 3 is 2.51 bits per heavy atom. The number of nitriles is 1. The van der Waals surface area contributed by atoms with Crippen LogP contribution < -0.4 is 14.2 Å². The highest BCUT2D eigenvalue weighted by Crippen LogP contribution is 2.32. The molecule has 0 saturated carbocycles. The van der Waals surface area contributed by atoms with Gasteiger partial charge in [-0.05, 0) is 48.2 Å². The Hall–Kier alpha value is -5.21. The Morgan fingerprint density at radius 1 is 1.03 bits per heavy atom. The number of nitro groups is 1. The molecule has 1 N–H and O–H groups in total. The van der Waals surface area contributed by atoms with Gasteiger partial charge in [0.2, 0.25) is 0 Å². The fourth-order valence-corrected chi connectivity index (χ4v) is 4.69. The Bertz CT molecular complexity index is 1750. The van der Waals surface area contributed by atoms with Gasteiger partial charge in [-0.2, -0.15) is 13.7 Å². The second-order valence-corrected chi connectivity index (χ2v) is 9.63. The summed E-state index contributed by atoms with van der Waals surface area (Å²) in [5.74, 6) is -0.758. The minimum Gasteiger partial charge on any atom is -0.490 e. The summed E-state index contributed by atoms with van der Waals surface area (Å²) in [7, 11) is -4.43. The lowest BCUT2D eigenvalue weighted by Crippen LogP contribution is -2.13. The molecular weight excluding hydrogens is 522 g/mol. The Kier molecular flexibility index (Phi) is 7.88. The number of amides is 1. The fraction of sp³-hybridized carbons (Fsp3) is 0.0714. The monoisotopic (exact) mass is 543 g/mol. The molecule has 0 aliphatic carbocycles. The molecule has 0 spiro atoms. The molecule has 0 aromatic heterocycles. The maximum Gasteiger partial charge on any atom is 0.339 e. The van der Waals surface area contributed by atoms with Gasteiger partial charge in [0.1, 0.15) is 16.5 Å². The van der Waals surface area contributed by atoms with Crippen molar-refractivity contribution in [1.82, 2.24) is 0 Å². The van der Waals surface area contributed by atoms with Gasteiger partial charge in [0.15, 0.2) is 11.5 Å². The number of non-ortho nitro benzene ring substituents is 1. The lowest BCUT2D eigenvalue weighted by molar-refractivity contribution is -0.385. The number of carbonyl (C=O) groups excluding carboxylic acids is 1. The van der Waals surface area contributed by atoms with Crippen molar-refractivity contribution < 1.29 is 27.1 Å². The summed E-state index contributed by atoms with van der Waals surface area (Å²) in [6.45, 7) is 1.84. The Balaban J connectivity index is 1.61. The third-order valence-electron chi connectivity index (χ3n) is 5.50. The summed E-state index contributed by atoms with van der Waals surface area (Å²) < 4.78 is 36.3. The Morgan fingerprint density at radius 2 is 1.77 bits per heavy atom. The molecule has 0 bridgehead atoms. The minimum atomic E-state index is -4.43. The second-order valence-electron chi connectivity index (χ2n) is 8.08. The van der Waals surface area contributed by atoms with Crippen LogP contribution in [0.1, 0.15) is 12.5 Å². The molecule has 11 heteroatoms. The standard InChI is InChI=1S/C28H21N3O7S/c1-2-37-27-16-19(13-14-26(27)38-39(35,36)23-10-6-9-22(17-23)31(33)34)15-21(18-29)28(32)30-25-12-5-8-20-7-3-4-11-24(20)25/h3-17H,2H2,1H3,(H,30,32)/b21-15+. The number of anilines is 1. The first-order chi connectivity index (χ1) is 18.7. The maximum absolute atomic E-state index is 12.9. The molecule has 4 aromatic carbocycles. The molecule has 10 nitrogen and oxygen atoms in total. The van der Waals surface area contributed by atoms with Crippen LogP contribution >= 0.6 is 0 Å². The predicted octanol–water partition coefficient (Wildman–Crippen LogP) is 5.46. The lowest BCUT2D eigenvalue weighted by atomic mass is 10.1. The van der Waals surface area contributed by atoms with Crippen molar-refractivity contribution in [3.05, 3.63) is 106 Å². The molecular formula is C28H21N3O7S. The molecule has 0 aliphatic rings. The van der Waals surface area contributed by atoms with E-state index in [1.54, 1.807) is 19.1 Å². The number of benzene rings is 4. The zero-order chi connectivity index (χ0) is 28.0. The number of rotatable bonds is 9. The van der Waals surface area contributed by atoms with Gasteiger partial charge in [0, 0.05) is 23.2 Å². The first-order valence-corrected chi connectivity index (χ1v) is 13.0. The molecule has 4 rings (SSSR count). The van der Waals surface area contributed by atoms with Crippen LogP contribution in [-0.4, -0.2) is 25.9 Å². The molecule has 0 heterocycles. The number of ether oxygens (including phenoxy) is 1. The zero-order valence-electron chi connectivity index (χ0n) is 20.5. The van der Waals surface area contributed by atoms with E-state index >= 15 is 0 Å². The number of nitro benzene ring substituents is 1. The van der Waals surface area contributed by atoms with Crippen LogP contribution in [0.5, 0.6) is 11.5 Å². The van der Waals surface area contributed by atoms with E-state index in [-0.39, 0.29) is 23.7 Å². The number of hydrogen-bond donors (Lipinski definition) is 1. The second kappa shape index (κ2) is 11.5. The van der Waals surface area contributed by atoms with Gasteiger partial charge < -0.3 is 14.2 Å². The molecule has 0 unspecified atom stereocenters. The van der Waals surface area contributed by atoms with Crippen LogP contribution in [0.15, 0.2) is 95.4 Å². The van der Waals surface area contributed by atoms with Gasteiger partial charge in [-0.1, -0.05) is 48.5 Å². The average Bonchev–Trinajstić information content (AvgIpc) is 2.93. The molecule has 0 atom stereocenters. The minimum absolute atomic E-state index is 0.0343. The van der Waals surface area contributed by atoms with Gasteiger partial charge in [-0.15, -0.1) is 0 Å². The summed E-state index contributed by atoms with van der Waals surface area (Å²) in [5, 5.41) is 25.2. The van der Waals surface area contributed by atoms with E-state index in [9.17, 15) is 28.6 Å². The van der Waals surface area contributed by atoms with Crippen molar-refractivity contribution in [2.24, 2.45) is 0 Å². The van der Waals surface area contributed by atoms with Crippen molar-refractivity contribution in [3.8, 4) is 17.6 Å². The molecule has 0 radical (unpaired) electrons. The molecule has 39 heavy (non-hydrogen) atoms. The van der Waals surface area contributed by atoms with E-state index in [1.165, 1.54) is 36.4 Å². The first-order valence-electron chi connectivity index (χ1n) is 11.6. The fourth-order valence-electron chi connectivity index (χ4n) is 3.71. The van der Waals surface area contributed by atoms with Crippen LogP contribution in [-0.2, 0) is 14.9 Å². The highest BCUT2D eigenvalue weighted by molar-refractivity contribution is 7.87. The van der Waals surface area contributed by atoms with Crippen molar-refractivity contribution in [1.29, 1.82) is 5.26 Å². The number of nitrogens with one attached hydrogen (secondary N) is 1. The van der Waals surface area contributed by atoms with Crippen LogP contribution in [0.3, 0.4) is 0 Å². The molecule has 4 aromatic rings. The van der Waals surface area contributed by atoms with Crippen molar-refractivity contribution >= 4 is 44.2 Å². The normalized spacial score (nSPS) is 11.4. The molecule has 0 fully saturated rings. The van der Waals surface area contributed by atoms with Gasteiger partial charge in [-0.3, -0.25) is 14.9 Å². The average molecular weight is 544 g/mol. The summed E-state index contributed by atoms with van der Waals surface area (Å²) in [4.78, 5) is 22.8. The molecule has 1 amide bonds. The van der Waals surface area contributed by atoms with E-state index in [0.29, 0.717) is 11.3 Å². The third-order valence-corrected chi connectivity index (χ3v) is 6.73. The smallest absolute Gasteiger partial charge is 0.339 e. The predicted molar refractivity (Wildman–Crippen MR) is 145 cm³/mol. The molecule has 0 aliphatic heterocycles. The quantitative estimate of drug-likeness (QED) is 0.0962. The van der Waals surface area contributed by atoms with E-state index in [1.807, 2.05) is 36.4 Å². The van der Waals surface area contributed by atoms with E-state index in [4.69, 9.17) is 8.92 Å². The summed E-state index contributed by atoms with van der Waals surface area (Å²) in [5.41, 5.74) is 0.326. The third kappa shape index (κ3) is 6.20. The summed E-state index contributed by atoms with van der Waals surface area (Å²) >= 11 is 0. The van der Waals surface area contributed by atoms with Crippen LogP contribution in [0.25, 0.3) is 16.8 Å². The lowest BCUT2D eigenvalue weighted by Gasteiger charge is -2.13. The number of fused-ring (bicyclic) bond motifs is 1. The van der Waals surface area contributed by atoms with E-state index in [2.05, 4.69) is 5.32 Å². The Labute approximate surface area is 224 Å². The van der Waals surface area contributed by atoms with Gasteiger partial charge in [-0.25, -0.2) is 0 Å². The highest BCUT2D eigenvalue weighted by atomic mass is 32.2. The van der Waals surface area contributed by atoms with E-state index in [0.717, 1.165) is 22.9 Å². The van der Waals surface area contributed by atoms with Crippen molar-refractivity contribution in [2.75, 3.05) is 11.9 Å². The van der Waals surface area contributed by atoms with Gasteiger partial charge in [0.25, 0.3) is 11.6 Å². The van der Waals surface area contributed by atoms with Crippen molar-refractivity contribution in [2.45, 2.75) is 11.8 Å². The number of carbonyl (C=O) groups is 1. The molecule has 0 saturated heterocycles. The first kappa shape index (κ1) is 26.8. The van der Waals surface area contributed by atoms with Crippen LogP contribution in [0.4, 0.5) is 11.4 Å². The van der Waals surface area contributed by atoms with Gasteiger partial charge in [0.05, 0.1) is 11.5 Å². The van der Waals surface area contributed by atoms with Crippen molar-refractivity contribution in [3.63, 3.8) is 0 Å². The number of hydrogen-bond acceptors (Lipinski definition) is 8. The van der Waals surface area contributed by atoms with Gasteiger partial charge >= 0.3 is 10.1 Å². The zero-order valence-corrected chi connectivity index (χ0v) is 21.3. The maximum atomic E-state index is 12.9.